The molecular weight excluding hydrogens is 568 g/mol. The van der Waals surface area contributed by atoms with Crippen LogP contribution < -0.4 is 27.3 Å². The maximum absolute atomic E-state index is 12.8. The number of amides is 2. The molecule has 5 rings (SSSR count). The number of rotatable bonds is 10. The molecule has 2 aromatic heterocycles. The first-order chi connectivity index (χ1) is 21.8. The smallest absolute Gasteiger partial charge is 0.251 e. The van der Waals surface area contributed by atoms with Gasteiger partial charge in [-0.3, -0.25) is 19.6 Å². The zero-order valence-corrected chi connectivity index (χ0v) is 25.8. The van der Waals surface area contributed by atoms with Crippen molar-refractivity contribution in [2.75, 3.05) is 6.54 Å². The summed E-state index contributed by atoms with van der Waals surface area (Å²) in [6, 6.07) is 27.6. The molecule has 0 radical (unpaired) electrons. The van der Waals surface area contributed by atoms with E-state index in [1.54, 1.807) is 29.0 Å². The van der Waals surface area contributed by atoms with E-state index in [-0.39, 0.29) is 18.4 Å². The van der Waals surface area contributed by atoms with E-state index in [4.69, 9.17) is 26.9 Å². The molecule has 7 N–H and O–H groups in total. The number of carbonyl (C=O) groups is 2. The molecule has 11 nitrogen and oxygen atoms in total. The lowest BCUT2D eigenvalue weighted by Gasteiger charge is -2.10. The summed E-state index contributed by atoms with van der Waals surface area (Å²) in [5.41, 5.74) is 18.8. The Morgan fingerprint density at radius 3 is 2.27 bits per heavy atom. The Labute approximate surface area is 263 Å². The molecule has 2 heterocycles. The fourth-order valence-corrected chi connectivity index (χ4v) is 4.15. The molecule has 45 heavy (non-hydrogen) atoms. The van der Waals surface area contributed by atoms with Gasteiger partial charge in [-0.05, 0) is 61.0 Å². The quantitative estimate of drug-likeness (QED) is 0.127. The lowest BCUT2D eigenvalue weighted by Crippen LogP contribution is -2.23. The molecule has 0 bridgehead atoms. The number of guanidine groups is 1. The normalized spacial score (nSPS) is 10.0. The number of carbonyl (C=O) groups excluding carboxylic acids is 2. The summed E-state index contributed by atoms with van der Waals surface area (Å²) in [4.78, 5) is 37.3. The van der Waals surface area contributed by atoms with Gasteiger partial charge in [-0.15, -0.1) is 0 Å². The van der Waals surface area contributed by atoms with Crippen LogP contribution in [0, 0.1) is 0 Å². The van der Waals surface area contributed by atoms with Crippen molar-refractivity contribution in [3.05, 3.63) is 108 Å². The maximum Gasteiger partial charge on any atom is 0.251 e. The van der Waals surface area contributed by atoms with E-state index in [0.717, 1.165) is 24.2 Å². The monoisotopic (exact) mass is 608 g/mol. The lowest BCUT2D eigenvalue weighted by molar-refractivity contribution is -0.118. The molecule has 0 spiro atoms. The first kappa shape index (κ1) is 33.8. The van der Waals surface area contributed by atoms with Crippen molar-refractivity contribution in [2.24, 2.45) is 22.2 Å². The van der Waals surface area contributed by atoms with Crippen LogP contribution in [-0.4, -0.2) is 38.9 Å². The van der Waals surface area contributed by atoms with Crippen molar-refractivity contribution >= 4 is 28.8 Å². The van der Waals surface area contributed by atoms with E-state index in [9.17, 15) is 9.59 Å². The van der Waals surface area contributed by atoms with Crippen molar-refractivity contribution in [3.63, 3.8) is 0 Å². The van der Waals surface area contributed by atoms with Gasteiger partial charge in [0.15, 0.2) is 5.96 Å². The highest BCUT2D eigenvalue weighted by Gasteiger charge is 2.17. The predicted molar refractivity (Wildman–Crippen MR) is 179 cm³/mol. The minimum atomic E-state index is -0.496. The molecule has 5 aromatic rings. The summed E-state index contributed by atoms with van der Waals surface area (Å²) in [6.45, 7) is 7.02. The molecule has 0 aliphatic carbocycles. The van der Waals surface area contributed by atoms with Gasteiger partial charge in [0, 0.05) is 23.9 Å². The van der Waals surface area contributed by atoms with Crippen molar-refractivity contribution < 1.29 is 14.3 Å². The Morgan fingerprint density at radius 2 is 1.62 bits per heavy atom. The van der Waals surface area contributed by atoms with Gasteiger partial charge in [0.1, 0.15) is 23.9 Å². The first-order valence-corrected chi connectivity index (χ1v) is 14.7. The maximum atomic E-state index is 12.8. The van der Waals surface area contributed by atoms with Crippen LogP contribution in [0.1, 0.15) is 43.2 Å². The number of nitrogens with one attached hydrogen (secondary N) is 1. The number of aromatic nitrogens is 3. The molecule has 0 fully saturated rings. The molecule has 0 atom stereocenters. The fourth-order valence-electron chi connectivity index (χ4n) is 4.15. The standard InChI is InChI=1S/C28H23N5O3.C4H11N3.C2H6/c29-26(34)18-33-25-13-12-20(28(35)31-17-21-8-4-5-14-30-21)16-24(25)32-27(33)19-7-6-11-23(15-19)36-22-9-2-1-3-10-22;1-2-3-7-4(5)6;1-2/h1-16H,17-18H2,(H2,29,34)(H,31,35);2-3H2,1H3,(H4,5,6,7);1-2H3. The van der Waals surface area contributed by atoms with Crippen LogP contribution >= 0.6 is 0 Å². The molecule has 2 amide bonds. The van der Waals surface area contributed by atoms with Crippen LogP contribution in [-0.2, 0) is 17.9 Å². The first-order valence-electron chi connectivity index (χ1n) is 14.7. The van der Waals surface area contributed by atoms with E-state index in [1.165, 1.54) is 0 Å². The van der Waals surface area contributed by atoms with E-state index in [0.29, 0.717) is 40.5 Å². The number of hydrogen-bond acceptors (Lipinski definition) is 6. The summed E-state index contributed by atoms with van der Waals surface area (Å²) in [5.74, 6) is 1.33. The zero-order chi connectivity index (χ0) is 32.6. The van der Waals surface area contributed by atoms with Gasteiger partial charge in [0.05, 0.1) is 23.3 Å². The SMILES string of the molecule is CC.CCCN=C(N)N.NC(=O)Cn1c(-c2cccc(Oc3ccccc3)c2)nc2cc(C(=O)NCc3ccccn3)ccc21. The highest BCUT2D eigenvalue weighted by atomic mass is 16.5. The number of nitrogens with zero attached hydrogens (tertiary/aromatic N) is 4. The number of nitrogens with two attached hydrogens (primary N) is 3. The number of primary amides is 1. The Kier molecular flexibility index (Phi) is 13.1. The van der Waals surface area contributed by atoms with E-state index < -0.39 is 5.91 Å². The lowest BCUT2D eigenvalue weighted by atomic mass is 10.2. The van der Waals surface area contributed by atoms with Crippen LogP contribution in [0.15, 0.2) is 102 Å². The molecule has 0 aliphatic rings. The van der Waals surface area contributed by atoms with Gasteiger partial charge >= 0.3 is 0 Å². The summed E-state index contributed by atoms with van der Waals surface area (Å²) in [7, 11) is 0. The molecule has 0 aliphatic heterocycles. The van der Waals surface area contributed by atoms with E-state index in [1.807, 2.05) is 93.6 Å². The summed E-state index contributed by atoms with van der Waals surface area (Å²) in [6.07, 6.45) is 2.68. The number of fused-ring (bicyclic) bond motifs is 1. The topological polar surface area (TPSA) is 177 Å². The number of ether oxygens (including phenoxy) is 1. The second-order valence-corrected chi connectivity index (χ2v) is 9.44. The minimum Gasteiger partial charge on any atom is -0.457 e. The fraction of sp³-hybridized carbons (Fsp3) is 0.206. The number of pyridine rings is 1. The second-order valence-electron chi connectivity index (χ2n) is 9.44. The number of benzene rings is 3. The highest BCUT2D eigenvalue weighted by Crippen LogP contribution is 2.30. The molecular formula is C34H40N8O3. The Bertz CT molecular complexity index is 1700. The second kappa shape index (κ2) is 17.4. The van der Waals surface area contributed by atoms with E-state index in [2.05, 4.69) is 15.3 Å². The van der Waals surface area contributed by atoms with Crippen LogP contribution in [0.5, 0.6) is 11.5 Å². The Morgan fingerprint density at radius 1 is 0.889 bits per heavy atom. The third-order valence-electron chi connectivity index (χ3n) is 6.07. The highest BCUT2D eigenvalue weighted by molar-refractivity contribution is 5.98. The molecule has 11 heteroatoms. The van der Waals surface area contributed by atoms with Crippen molar-refractivity contribution in [1.82, 2.24) is 19.9 Å². The Balaban J connectivity index is 0.000000544. The zero-order valence-electron chi connectivity index (χ0n) is 25.8. The molecule has 0 saturated heterocycles. The van der Waals surface area contributed by atoms with Crippen LogP contribution in [0.2, 0.25) is 0 Å². The third kappa shape index (κ3) is 10.2. The summed E-state index contributed by atoms with van der Waals surface area (Å²) >= 11 is 0. The average Bonchev–Trinajstić information content (AvgIpc) is 3.42. The molecule has 0 unspecified atom stereocenters. The van der Waals surface area contributed by atoms with Gasteiger partial charge in [-0.25, -0.2) is 4.98 Å². The van der Waals surface area contributed by atoms with Gasteiger partial charge < -0.3 is 31.8 Å². The summed E-state index contributed by atoms with van der Waals surface area (Å²) in [5, 5.41) is 2.87. The van der Waals surface area contributed by atoms with Crippen LogP contribution in [0.25, 0.3) is 22.4 Å². The van der Waals surface area contributed by atoms with Gasteiger partial charge in [-0.1, -0.05) is 57.2 Å². The average molecular weight is 609 g/mol. The minimum absolute atomic E-state index is 0.0547. The van der Waals surface area contributed by atoms with Crippen LogP contribution in [0.4, 0.5) is 0 Å². The Hall–Kier alpha value is -5.71. The molecule has 234 valence electrons. The van der Waals surface area contributed by atoms with Crippen LogP contribution in [0.3, 0.4) is 0 Å². The third-order valence-corrected chi connectivity index (χ3v) is 6.07. The largest absolute Gasteiger partial charge is 0.457 e. The number of aliphatic imine (C=N–C) groups is 1. The number of para-hydroxylation sites is 1. The molecule has 3 aromatic carbocycles. The van der Waals surface area contributed by atoms with Gasteiger partial charge in [0.2, 0.25) is 5.91 Å². The number of hydrogen-bond donors (Lipinski definition) is 4. The van der Waals surface area contributed by atoms with E-state index >= 15 is 0 Å². The van der Waals surface area contributed by atoms with Gasteiger partial charge in [0.25, 0.3) is 5.91 Å². The van der Waals surface area contributed by atoms with Crippen molar-refractivity contribution in [1.29, 1.82) is 0 Å². The predicted octanol–water partition coefficient (Wildman–Crippen LogP) is 5.00. The summed E-state index contributed by atoms with van der Waals surface area (Å²) < 4.78 is 7.71. The number of imidazole rings is 1. The van der Waals surface area contributed by atoms with Gasteiger partial charge in [-0.2, -0.15) is 0 Å². The molecule has 0 saturated carbocycles. The van der Waals surface area contributed by atoms with Crippen molar-refractivity contribution in [2.45, 2.75) is 40.3 Å². The van der Waals surface area contributed by atoms with Crippen molar-refractivity contribution in [3.8, 4) is 22.9 Å².